The molecule has 18 heteroatoms. The molecule has 18 nitrogen and oxygen atoms in total. The van der Waals surface area contributed by atoms with Crippen molar-refractivity contribution >= 4 is 35.9 Å². The van der Waals surface area contributed by atoms with Crippen molar-refractivity contribution in [1.82, 2.24) is 10.6 Å². The molecular formula is C35H50N2O16. The fourth-order valence-corrected chi connectivity index (χ4v) is 9.01. The van der Waals surface area contributed by atoms with Crippen LogP contribution in [-0.4, -0.2) is 97.9 Å². The Labute approximate surface area is 306 Å². The van der Waals surface area contributed by atoms with E-state index in [4.69, 9.17) is 48.0 Å². The number of ether oxygens (including phenoxy) is 6. The number of alkyl carbamates (subject to hydrolysis) is 1. The Morgan fingerprint density at radius 1 is 0.698 bits per heavy atom. The SMILES string of the molecule is CC(=O)OCC1OC(OC(=O)NCCCNC(=O)CC2CCC3(CC2)OOC2(OO3)C3CC4CC(C3)C2C4)C(OC(C)=O)C(OC(C)=O)C1OC(C)=O. The molecule has 296 valence electrons. The average molecular weight is 755 g/mol. The third-order valence-electron chi connectivity index (χ3n) is 11.2. The second-order valence-corrected chi connectivity index (χ2v) is 15.1. The van der Waals surface area contributed by atoms with E-state index in [2.05, 4.69) is 10.6 Å². The summed E-state index contributed by atoms with van der Waals surface area (Å²) in [5.41, 5.74) is 0. The molecule has 7 rings (SSSR count). The lowest BCUT2D eigenvalue weighted by Gasteiger charge is -2.49. The van der Waals surface area contributed by atoms with Crippen molar-refractivity contribution in [2.24, 2.45) is 29.6 Å². The molecule has 7 fully saturated rings. The maximum Gasteiger partial charge on any atom is 0.409 e. The van der Waals surface area contributed by atoms with Gasteiger partial charge in [0.15, 0.2) is 12.2 Å². The van der Waals surface area contributed by atoms with Crippen molar-refractivity contribution < 1.29 is 76.7 Å². The standard InChI is InChI=1S/C35H50N2O16/c1-18(38)44-17-27-29(45-19(2)39)30(46-20(3)40)31(47-21(4)41)32(48-27)49-33(43)37-11-5-10-36-28(42)15-22-6-8-34(9-7-22)50-52-35(53-51-34)25-13-23-12-24(16-25)26(35)14-23/h22-27,29-32H,5-17H2,1-4H3,(H,36,42)(H,37,43). The highest BCUT2D eigenvalue weighted by atomic mass is 17.4. The normalized spacial score (nSPS) is 38.2. The Kier molecular flexibility index (Phi) is 12.1. The maximum absolute atomic E-state index is 12.8. The lowest BCUT2D eigenvalue weighted by molar-refractivity contribution is -0.672. The summed E-state index contributed by atoms with van der Waals surface area (Å²) in [4.78, 5) is 96.9. The predicted octanol–water partition coefficient (Wildman–Crippen LogP) is 2.25. The lowest BCUT2D eigenvalue weighted by atomic mass is 9.78. The number of esters is 4. The van der Waals surface area contributed by atoms with E-state index >= 15 is 0 Å². The van der Waals surface area contributed by atoms with Crippen LogP contribution in [0.2, 0.25) is 0 Å². The van der Waals surface area contributed by atoms with Crippen LogP contribution in [0, 0.1) is 29.6 Å². The second kappa shape index (κ2) is 16.4. The number of hydrogen-bond acceptors (Lipinski definition) is 16. The quantitative estimate of drug-likeness (QED) is 0.126. The van der Waals surface area contributed by atoms with Crippen LogP contribution in [0.4, 0.5) is 4.79 Å². The fourth-order valence-electron chi connectivity index (χ4n) is 9.01. The number of hydrogen-bond donors (Lipinski definition) is 2. The molecule has 2 amide bonds. The second-order valence-electron chi connectivity index (χ2n) is 15.1. The van der Waals surface area contributed by atoms with Crippen LogP contribution in [0.25, 0.3) is 0 Å². The van der Waals surface area contributed by atoms with Crippen molar-refractivity contribution in [3.8, 4) is 0 Å². The Morgan fingerprint density at radius 3 is 1.98 bits per heavy atom. The average Bonchev–Trinajstić information content (AvgIpc) is 3.49. The monoisotopic (exact) mass is 754 g/mol. The first-order valence-electron chi connectivity index (χ1n) is 18.5. The van der Waals surface area contributed by atoms with Crippen molar-refractivity contribution in [3.05, 3.63) is 0 Å². The predicted molar refractivity (Wildman–Crippen MR) is 173 cm³/mol. The van der Waals surface area contributed by atoms with Gasteiger partial charge >= 0.3 is 30.0 Å². The molecule has 2 aliphatic heterocycles. The summed E-state index contributed by atoms with van der Waals surface area (Å²) in [5, 5.41) is 5.39. The van der Waals surface area contributed by atoms with Crippen LogP contribution in [0.5, 0.6) is 0 Å². The van der Waals surface area contributed by atoms with Gasteiger partial charge in [-0.05, 0) is 62.7 Å². The number of rotatable bonds is 12. The molecule has 2 heterocycles. The van der Waals surface area contributed by atoms with Crippen LogP contribution in [0.1, 0.15) is 91.9 Å². The fraction of sp³-hybridized carbons (Fsp3) is 0.829. The van der Waals surface area contributed by atoms with Crippen LogP contribution < -0.4 is 10.6 Å². The molecule has 2 saturated heterocycles. The van der Waals surface area contributed by atoms with Gasteiger partial charge in [0.25, 0.3) is 0 Å². The molecule has 0 radical (unpaired) electrons. The van der Waals surface area contributed by atoms with Gasteiger partial charge in [-0.2, -0.15) is 19.6 Å². The highest BCUT2D eigenvalue weighted by Gasteiger charge is 2.69. The summed E-state index contributed by atoms with van der Waals surface area (Å²) < 4.78 is 32.1. The summed E-state index contributed by atoms with van der Waals surface area (Å²) in [6.45, 7) is 4.30. The van der Waals surface area contributed by atoms with E-state index < -0.39 is 78.9 Å². The van der Waals surface area contributed by atoms with Gasteiger partial charge in [0.2, 0.25) is 29.9 Å². The van der Waals surface area contributed by atoms with Gasteiger partial charge in [-0.3, -0.25) is 24.0 Å². The molecule has 5 saturated carbocycles. The molecule has 4 bridgehead atoms. The highest BCUT2D eigenvalue weighted by Crippen LogP contribution is 2.66. The van der Waals surface area contributed by atoms with E-state index in [-0.39, 0.29) is 24.9 Å². The largest absolute Gasteiger partial charge is 0.463 e. The van der Waals surface area contributed by atoms with Crippen molar-refractivity contribution in [1.29, 1.82) is 0 Å². The summed E-state index contributed by atoms with van der Waals surface area (Å²) >= 11 is 0. The zero-order valence-electron chi connectivity index (χ0n) is 30.5. The summed E-state index contributed by atoms with van der Waals surface area (Å²) in [6.07, 6.45) is -0.556. The molecule has 7 aliphatic rings. The number of carbonyl (C=O) groups is 6. The summed E-state index contributed by atoms with van der Waals surface area (Å²) in [7, 11) is 0. The minimum absolute atomic E-state index is 0.0929. The molecule has 2 N–H and O–H groups in total. The Morgan fingerprint density at radius 2 is 1.34 bits per heavy atom. The third kappa shape index (κ3) is 9.04. The van der Waals surface area contributed by atoms with Gasteiger partial charge in [0.1, 0.15) is 12.7 Å². The van der Waals surface area contributed by atoms with Crippen molar-refractivity contribution in [2.75, 3.05) is 19.7 Å². The van der Waals surface area contributed by atoms with Gasteiger partial charge in [0, 0.05) is 71.9 Å². The van der Waals surface area contributed by atoms with Gasteiger partial charge in [0.05, 0.1) is 0 Å². The third-order valence-corrected chi connectivity index (χ3v) is 11.2. The zero-order chi connectivity index (χ0) is 37.9. The van der Waals surface area contributed by atoms with Crippen LogP contribution >= 0.6 is 0 Å². The molecule has 9 unspecified atom stereocenters. The van der Waals surface area contributed by atoms with Crippen molar-refractivity contribution in [3.63, 3.8) is 0 Å². The molecular weight excluding hydrogens is 704 g/mol. The van der Waals surface area contributed by atoms with Gasteiger partial charge in [-0.1, -0.05) is 0 Å². The summed E-state index contributed by atoms with van der Waals surface area (Å²) in [5.74, 6) is -2.81. The van der Waals surface area contributed by atoms with E-state index in [1.54, 1.807) is 0 Å². The van der Waals surface area contributed by atoms with E-state index in [9.17, 15) is 28.8 Å². The minimum Gasteiger partial charge on any atom is -0.463 e. The van der Waals surface area contributed by atoms with E-state index in [0.29, 0.717) is 56.3 Å². The molecule has 0 aromatic carbocycles. The summed E-state index contributed by atoms with van der Waals surface area (Å²) in [6, 6.07) is 0. The smallest absolute Gasteiger partial charge is 0.409 e. The van der Waals surface area contributed by atoms with Crippen LogP contribution in [0.3, 0.4) is 0 Å². The zero-order valence-corrected chi connectivity index (χ0v) is 30.5. The van der Waals surface area contributed by atoms with E-state index in [1.807, 2.05) is 0 Å². The topological polar surface area (TPSA) is 219 Å². The molecule has 2 spiro atoms. The van der Waals surface area contributed by atoms with Crippen LogP contribution in [-0.2, 0) is 71.9 Å². The number of amides is 2. The molecule has 53 heavy (non-hydrogen) atoms. The Hall–Kier alpha value is -3.58. The first-order chi connectivity index (χ1) is 25.3. The van der Waals surface area contributed by atoms with E-state index in [0.717, 1.165) is 52.9 Å². The molecule has 0 aromatic rings. The Balaban J connectivity index is 0.913. The van der Waals surface area contributed by atoms with Crippen molar-refractivity contribution in [2.45, 2.75) is 134 Å². The number of nitrogens with one attached hydrogen (secondary N) is 2. The highest BCUT2D eigenvalue weighted by molar-refractivity contribution is 5.76. The van der Waals surface area contributed by atoms with Gasteiger partial charge in [-0.15, -0.1) is 0 Å². The van der Waals surface area contributed by atoms with Gasteiger partial charge < -0.3 is 39.1 Å². The van der Waals surface area contributed by atoms with E-state index in [1.165, 1.54) is 6.42 Å². The molecule has 0 aromatic heterocycles. The Bertz CT molecular complexity index is 1390. The maximum atomic E-state index is 12.8. The molecule has 9 atom stereocenters. The number of carbonyl (C=O) groups excluding carboxylic acids is 6. The first kappa shape index (κ1) is 39.1. The lowest BCUT2D eigenvalue weighted by Crippen LogP contribution is -2.63. The van der Waals surface area contributed by atoms with Gasteiger partial charge in [-0.25, -0.2) is 4.79 Å². The van der Waals surface area contributed by atoms with Crippen LogP contribution in [0.15, 0.2) is 0 Å². The minimum atomic E-state index is -1.65. The first-order valence-corrected chi connectivity index (χ1v) is 18.5. The molecule has 5 aliphatic carbocycles.